The molecule has 0 radical (unpaired) electrons. The maximum Gasteiger partial charge on any atom is 2.00 e. The van der Waals surface area contributed by atoms with Gasteiger partial charge >= 0.3 is 10.1 Å². The van der Waals surface area contributed by atoms with Crippen LogP contribution in [0, 0.1) is 23.9 Å². The van der Waals surface area contributed by atoms with E-state index in [0.717, 1.165) is 0 Å². The van der Waals surface area contributed by atoms with E-state index in [-0.39, 0.29) is 32.0 Å². The summed E-state index contributed by atoms with van der Waals surface area (Å²) in [4.78, 5) is 5.13. The third-order valence-electron chi connectivity index (χ3n) is 9.20. The minimum atomic E-state index is 0. The fraction of sp³-hybridized carbons (Fsp3) is 0.650. The van der Waals surface area contributed by atoms with Crippen molar-refractivity contribution < 1.29 is 0 Å². The molecule has 0 saturated carbocycles. The number of para-hydroxylation sites is 2. The number of rotatable bonds is 6. The van der Waals surface area contributed by atoms with E-state index in [4.69, 9.17) is 0 Å². The first-order chi connectivity index (χ1) is 19.1. The number of hydrogen-bond donors (Lipinski definition) is 0. The molecule has 2 fully saturated rings. The van der Waals surface area contributed by atoms with Crippen molar-refractivity contribution in [2.75, 3.05) is 9.80 Å². The molecule has 2 nitrogen and oxygen atoms in total. The fourth-order valence-corrected chi connectivity index (χ4v) is 7.85. The van der Waals surface area contributed by atoms with Crippen LogP contribution in [-0.4, -0.2) is 21.2 Å². The van der Waals surface area contributed by atoms with Crippen molar-refractivity contribution in [3.05, 3.63) is 71.7 Å². The van der Waals surface area contributed by atoms with Gasteiger partial charge in [-0.05, 0) is 73.6 Å². The van der Waals surface area contributed by atoms with Crippen LogP contribution < -0.4 is 9.80 Å². The monoisotopic (exact) mass is 582 g/mol. The van der Waals surface area contributed by atoms with Crippen LogP contribution in [0.1, 0.15) is 170 Å². The summed E-state index contributed by atoms with van der Waals surface area (Å²) in [6, 6.07) is 13.7. The standard InChI is InChI=1S/2C20H32N.Be/c2*1-14(2)16-10-9-11-17(15(3)4)18(16)21-13-19(5,6)12-20(21,7)8;/h2*9-11,13-15H,12H2,1-8H3;/q2*-1;+2. The first-order valence-corrected chi connectivity index (χ1v) is 16.7. The molecule has 0 aromatic heterocycles. The van der Waals surface area contributed by atoms with Crippen LogP contribution in [0.25, 0.3) is 0 Å². The minimum absolute atomic E-state index is 0. The van der Waals surface area contributed by atoms with Gasteiger partial charge in [-0.15, -0.1) is 10.8 Å². The average Bonchev–Trinajstić information content (AvgIpc) is 3.21. The number of hydrogen-bond acceptors (Lipinski definition) is 2. The van der Waals surface area contributed by atoms with Crippen LogP contribution in [0.2, 0.25) is 0 Å². The third kappa shape index (κ3) is 8.28. The second-order valence-corrected chi connectivity index (χ2v) is 17.1. The van der Waals surface area contributed by atoms with E-state index in [9.17, 15) is 0 Å². The fourth-order valence-electron chi connectivity index (χ4n) is 7.85. The van der Waals surface area contributed by atoms with Gasteiger partial charge in [0.1, 0.15) is 0 Å². The van der Waals surface area contributed by atoms with Crippen molar-refractivity contribution in [1.29, 1.82) is 0 Å². The largest absolute Gasteiger partial charge is 2.00 e. The van der Waals surface area contributed by atoms with Gasteiger partial charge in [0.25, 0.3) is 0 Å². The first kappa shape index (κ1) is 37.4. The van der Waals surface area contributed by atoms with Crippen molar-refractivity contribution in [1.82, 2.24) is 0 Å². The predicted molar refractivity (Wildman–Crippen MR) is 194 cm³/mol. The second-order valence-electron chi connectivity index (χ2n) is 17.1. The summed E-state index contributed by atoms with van der Waals surface area (Å²) in [5.41, 5.74) is 9.70. The van der Waals surface area contributed by atoms with Crippen LogP contribution in [0.3, 0.4) is 0 Å². The van der Waals surface area contributed by atoms with Crippen molar-refractivity contribution in [2.24, 2.45) is 10.8 Å². The molecule has 0 N–H and O–H groups in total. The first-order valence-electron chi connectivity index (χ1n) is 16.7. The Bertz CT molecular complexity index is 1070. The molecule has 43 heavy (non-hydrogen) atoms. The van der Waals surface area contributed by atoms with Gasteiger partial charge in [0, 0.05) is 22.5 Å². The van der Waals surface area contributed by atoms with E-state index in [1.165, 1.54) is 46.5 Å². The van der Waals surface area contributed by atoms with Gasteiger partial charge in [-0.2, -0.15) is 0 Å². The smallest absolute Gasteiger partial charge is 0.517 e. The Hall–Kier alpha value is -1.79. The zero-order valence-electron chi connectivity index (χ0n) is 30.9. The van der Waals surface area contributed by atoms with Gasteiger partial charge in [-0.3, -0.25) is 0 Å². The molecule has 236 valence electrons. The number of benzene rings is 2. The summed E-state index contributed by atoms with van der Waals surface area (Å²) in [7, 11) is 0. The van der Waals surface area contributed by atoms with E-state index in [2.05, 4.69) is 170 Å². The Balaban J connectivity index is 0.000000293. The predicted octanol–water partition coefficient (Wildman–Crippen LogP) is 11.8. The summed E-state index contributed by atoms with van der Waals surface area (Å²) < 4.78 is 0. The van der Waals surface area contributed by atoms with E-state index < -0.39 is 0 Å². The van der Waals surface area contributed by atoms with Gasteiger partial charge in [-0.1, -0.05) is 132 Å². The molecule has 2 aliphatic heterocycles. The Kier molecular flexibility index (Phi) is 11.6. The molecule has 0 spiro atoms. The van der Waals surface area contributed by atoms with Crippen molar-refractivity contribution in [3.8, 4) is 0 Å². The molecule has 0 amide bonds. The SMILES string of the molecule is CC(C)c1cccc(C(C)C)c1N1[CH-]C(C)(C)CC1(C)C.CC(C)c1cccc(C(C)C)c1N1[CH-]C(C)(C)CC1(C)C.[Be+2]. The van der Waals surface area contributed by atoms with Crippen LogP contribution in [-0.2, 0) is 0 Å². The van der Waals surface area contributed by atoms with Gasteiger partial charge < -0.3 is 9.80 Å². The number of anilines is 2. The van der Waals surface area contributed by atoms with Crippen molar-refractivity contribution in [3.63, 3.8) is 0 Å². The minimum Gasteiger partial charge on any atom is -0.517 e. The zero-order valence-corrected chi connectivity index (χ0v) is 30.9. The van der Waals surface area contributed by atoms with Crippen molar-refractivity contribution >= 4 is 21.5 Å². The van der Waals surface area contributed by atoms with Gasteiger partial charge in [-0.25, -0.2) is 13.1 Å². The molecule has 0 bridgehead atoms. The summed E-state index contributed by atoms with van der Waals surface area (Å²) in [5, 5.41) is 0. The van der Waals surface area contributed by atoms with E-state index in [0.29, 0.717) is 23.7 Å². The molecule has 3 heteroatoms. The number of nitrogens with zero attached hydrogens (tertiary/aromatic N) is 2. The summed E-state index contributed by atoms with van der Waals surface area (Å²) in [5.74, 6) is 2.19. The molecular weight excluding hydrogens is 517 g/mol. The Labute approximate surface area is 271 Å². The molecule has 2 aromatic rings. The van der Waals surface area contributed by atoms with Crippen LogP contribution in [0.4, 0.5) is 11.4 Å². The van der Waals surface area contributed by atoms with Crippen LogP contribution >= 0.6 is 0 Å². The maximum absolute atomic E-state index is 2.57. The maximum atomic E-state index is 2.57. The molecule has 2 saturated heterocycles. The van der Waals surface area contributed by atoms with Crippen LogP contribution in [0.5, 0.6) is 0 Å². The molecule has 2 aromatic carbocycles. The average molecular weight is 582 g/mol. The molecule has 0 unspecified atom stereocenters. The van der Waals surface area contributed by atoms with Crippen LogP contribution in [0.15, 0.2) is 36.4 Å². The molecule has 0 atom stereocenters. The molecule has 2 aliphatic rings. The van der Waals surface area contributed by atoms with Gasteiger partial charge in [0.15, 0.2) is 0 Å². The summed E-state index contributed by atoms with van der Waals surface area (Å²) in [6.07, 6.45) is 2.40. The second kappa shape index (κ2) is 13.3. The van der Waals surface area contributed by atoms with Gasteiger partial charge in [0.2, 0.25) is 0 Å². The topological polar surface area (TPSA) is 6.48 Å². The molecule has 4 rings (SSSR count). The molecule has 0 aliphatic carbocycles. The normalized spacial score (nSPS) is 20.1. The zero-order chi connectivity index (χ0) is 32.0. The van der Waals surface area contributed by atoms with E-state index >= 15 is 0 Å². The molecule has 2 heterocycles. The third-order valence-corrected chi connectivity index (χ3v) is 9.20. The molecular formula is C40H64BeN2. The Morgan fingerprint density at radius 2 is 0.721 bits per heavy atom. The summed E-state index contributed by atoms with van der Waals surface area (Å²) in [6.45, 7) is 42.2. The van der Waals surface area contributed by atoms with Crippen molar-refractivity contribution in [2.45, 2.75) is 158 Å². The Morgan fingerprint density at radius 3 is 0.884 bits per heavy atom. The van der Waals surface area contributed by atoms with E-state index in [1.807, 2.05) is 0 Å². The summed E-state index contributed by atoms with van der Waals surface area (Å²) >= 11 is 0. The van der Waals surface area contributed by atoms with Gasteiger partial charge in [0.05, 0.1) is 0 Å². The quantitative estimate of drug-likeness (QED) is 0.247. The van der Waals surface area contributed by atoms with E-state index in [1.54, 1.807) is 0 Å². The Morgan fingerprint density at radius 1 is 0.488 bits per heavy atom.